The average molecular weight is 310 g/mol. The molecule has 21 heavy (non-hydrogen) atoms. The van der Waals surface area contributed by atoms with E-state index in [4.69, 9.17) is 5.11 Å². The molecule has 3 nitrogen and oxygen atoms in total. The molecule has 0 spiro atoms. The van der Waals surface area contributed by atoms with Gasteiger partial charge in [0.2, 0.25) is 0 Å². The van der Waals surface area contributed by atoms with Crippen LogP contribution < -0.4 is 5.32 Å². The zero-order chi connectivity index (χ0) is 15.9. The van der Waals surface area contributed by atoms with Crippen molar-refractivity contribution in [2.75, 3.05) is 39.3 Å². The molecule has 2 N–H and O–H groups in total. The molecule has 126 valence electrons. The second-order valence-electron chi connectivity index (χ2n) is 6.78. The van der Waals surface area contributed by atoms with Gasteiger partial charge in [0, 0.05) is 19.6 Å². The maximum atomic E-state index is 12.6. The average Bonchev–Trinajstić information content (AvgIpc) is 2.75. The SMILES string of the molecule is CC(C)CNCC1(CN(CCO)CC(F)(F)F)CCCC1. The van der Waals surface area contributed by atoms with E-state index in [0.717, 1.165) is 38.8 Å². The Balaban J connectivity index is 2.60. The Bertz CT molecular complexity index is 289. The van der Waals surface area contributed by atoms with Crippen LogP contribution in [0.15, 0.2) is 0 Å². The Morgan fingerprint density at radius 2 is 1.86 bits per heavy atom. The van der Waals surface area contributed by atoms with Gasteiger partial charge in [0.15, 0.2) is 0 Å². The van der Waals surface area contributed by atoms with Crippen LogP contribution in [-0.4, -0.2) is 55.5 Å². The molecule has 1 rings (SSSR count). The third kappa shape index (κ3) is 7.47. The molecule has 0 bridgehead atoms. The lowest BCUT2D eigenvalue weighted by Gasteiger charge is -2.36. The molecule has 0 amide bonds. The normalized spacial score (nSPS) is 18.9. The molecule has 1 aliphatic rings. The molecule has 1 fully saturated rings. The number of nitrogens with one attached hydrogen (secondary N) is 1. The third-order valence-corrected chi connectivity index (χ3v) is 4.09. The molecule has 0 atom stereocenters. The molecule has 0 unspecified atom stereocenters. The van der Waals surface area contributed by atoms with E-state index in [1.165, 1.54) is 4.90 Å². The summed E-state index contributed by atoms with van der Waals surface area (Å²) in [5, 5.41) is 12.4. The van der Waals surface area contributed by atoms with Crippen LogP contribution >= 0.6 is 0 Å². The summed E-state index contributed by atoms with van der Waals surface area (Å²) in [5.41, 5.74) is -0.0741. The van der Waals surface area contributed by atoms with Gasteiger partial charge in [0.05, 0.1) is 13.2 Å². The summed E-state index contributed by atoms with van der Waals surface area (Å²) in [4.78, 5) is 1.36. The Hall–Kier alpha value is -0.330. The highest BCUT2D eigenvalue weighted by Gasteiger charge is 2.38. The highest BCUT2D eigenvalue weighted by Crippen LogP contribution is 2.38. The van der Waals surface area contributed by atoms with Crippen molar-refractivity contribution in [3.8, 4) is 0 Å². The van der Waals surface area contributed by atoms with Crippen LogP contribution in [0.25, 0.3) is 0 Å². The highest BCUT2D eigenvalue weighted by molar-refractivity contribution is 4.90. The molecule has 0 heterocycles. The second kappa shape index (κ2) is 8.34. The van der Waals surface area contributed by atoms with E-state index in [-0.39, 0.29) is 18.6 Å². The maximum Gasteiger partial charge on any atom is 0.401 e. The minimum Gasteiger partial charge on any atom is -0.395 e. The first-order chi connectivity index (χ1) is 9.76. The Labute approximate surface area is 125 Å². The summed E-state index contributed by atoms with van der Waals surface area (Å²) in [7, 11) is 0. The van der Waals surface area contributed by atoms with Crippen molar-refractivity contribution >= 4 is 0 Å². The molecule has 0 radical (unpaired) electrons. The number of aliphatic hydroxyl groups excluding tert-OH is 1. The number of halogens is 3. The summed E-state index contributed by atoms with van der Waals surface area (Å²) in [6.07, 6.45) is -0.0965. The smallest absolute Gasteiger partial charge is 0.395 e. The molecule has 0 aromatic carbocycles. The number of aliphatic hydroxyl groups is 1. The van der Waals surface area contributed by atoms with Crippen LogP contribution in [0, 0.1) is 11.3 Å². The molecule has 0 aromatic heterocycles. The number of hydrogen-bond donors (Lipinski definition) is 2. The summed E-state index contributed by atoms with van der Waals surface area (Å²) in [6.45, 7) is 5.24. The standard InChI is InChI=1S/C15H29F3N2O/c1-13(2)9-19-10-14(5-3-4-6-14)11-20(7-8-21)12-15(16,17)18/h13,19,21H,3-12H2,1-2H3. The molecule has 6 heteroatoms. The van der Waals surface area contributed by atoms with E-state index >= 15 is 0 Å². The van der Waals surface area contributed by atoms with Gasteiger partial charge in [-0.3, -0.25) is 4.90 Å². The van der Waals surface area contributed by atoms with Crippen LogP contribution in [0.1, 0.15) is 39.5 Å². The lowest BCUT2D eigenvalue weighted by Crippen LogP contribution is -2.47. The summed E-state index contributed by atoms with van der Waals surface area (Å²) < 4.78 is 37.9. The molecular weight excluding hydrogens is 281 g/mol. The topological polar surface area (TPSA) is 35.5 Å². The first kappa shape index (κ1) is 18.7. The van der Waals surface area contributed by atoms with Gasteiger partial charge in [-0.1, -0.05) is 26.7 Å². The predicted octanol–water partition coefficient (Wildman–Crippen LogP) is 2.65. The van der Waals surface area contributed by atoms with E-state index < -0.39 is 12.7 Å². The zero-order valence-corrected chi connectivity index (χ0v) is 13.2. The van der Waals surface area contributed by atoms with Crippen molar-refractivity contribution in [3.63, 3.8) is 0 Å². The van der Waals surface area contributed by atoms with Crippen LogP contribution in [0.3, 0.4) is 0 Å². The molecule has 1 saturated carbocycles. The van der Waals surface area contributed by atoms with Gasteiger partial charge in [0.1, 0.15) is 0 Å². The minimum atomic E-state index is -4.21. The number of rotatable bonds is 9. The zero-order valence-electron chi connectivity index (χ0n) is 13.2. The first-order valence-electron chi connectivity index (χ1n) is 7.87. The summed E-state index contributed by atoms with van der Waals surface area (Å²) in [6, 6.07) is 0. The maximum absolute atomic E-state index is 12.6. The fraction of sp³-hybridized carbons (Fsp3) is 1.00. The minimum absolute atomic E-state index is 0.0741. The predicted molar refractivity (Wildman–Crippen MR) is 78.2 cm³/mol. The van der Waals surface area contributed by atoms with Gasteiger partial charge >= 0.3 is 6.18 Å². The fourth-order valence-electron chi connectivity index (χ4n) is 3.23. The van der Waals surface area contributed by atoms with E-state index in [1.54, 1.807) is 0 Å². The largest absolute Gasteiger partial charge is 0.401 e. The number of alkyl halides is 3. The number of hydrogen-bond acceptors (Lipinski definition) is 3. The Morgan fingerprint density at radius 1 is 1.24 bits per heavy atom. The van der Waals surface area contributed by atoms with E-state index in [0.29, 0.717) is 12.5 Å². The van der Waals surface area contributed by atoms with Gasteiger partial charge in [-0.2, -0.15) is 13.2 Å². The van der Waals surface area contributed by atoms with Gasteiger partial charge in [-0.25, -0.2) is 0 Å². The lowest BCUT2D eigenvalue weighted by atomic mass is 9.85. The monoisotopic (exact) mass is 310 g/mol. The van der Waals surface area contributed by atoms with Crippen LogP contribution in [0.4, 0.5) is 13.2 Å². The molecule has 0 aliphatic heterocycles. The van der Waals surface area contributed by atoms with Crippen molar-refractivity contribution in [2.45, 2.75) is 45.7 Å². The highest BCUT2D eigenvalue weighted by atomic mass is 19.4. The molecule has 0 aromatic rings. The summed E-state index contributed by atoms with van der Waals surface area (Å²) in [5.74, 6) is 0.534. The van der Waals surface area contributed by atoms with Crippen molar-refractivity contribution in [2.24, 2.45) is 11.3 Å². The fourth-order valence-corrected chi connectivity index (χ4v) is 3.23. The molecule has 1 aliphatic carbocycles. The third-order valence-electron chi connectivity index (χ3n) is 4.09. The van der Waals surface area contributed by atoms with Gasteiger partial charge in [0.25, 0.3) is 0 Å². The van der Waals surface area contributed by atoms with Crippen LogP contribution in [-0.2, 0) is 0 Å². The Morgan fingerprint density at radius 3 is 2.33 bits per heavy atom. The Kier molecular flexibility index (Phi) is 7.44. The van der Waals surface area contributed by atoms with Gasteiger partial charge < -0.3 is 10.4 Å². The van der Waals surface area contributed by atoms with Crippen LogP contribution in [0.5, 0.6) is 0 Å². The van der Waals surface area contributed by atoms with E-state index in [2.05, 4.69) is 19.2 Å². The molecule has 0 saturated heterocycles. The first-order valence-corrected chi connectivity index (χ1v) is 7.87. The van der Waals surface area contributed by atoms with Crippen molar-refractivity contribution in [1.29, 1.82) is 0 Å². The lowest BCUT2D eigenvalue weighted by molar-refractivity contribution is -0.150. The van der Waals surface area contributed by atoms with Crippen molar-refractivity contribution in [1.82, 2.24) is 10.2 Å². The van der Waals surface area contributed by atoms with E-state index in [9.17, 15) is 13.2 Å². The summed E-state index contributed by atoms with van der Waals surface area (Å²) >= 11 is 0. The van der Waals surface area contributed by atoms with Crippen LogP contribution in [0.2, 0.25) is 0 Å². The van der Waals surface area contributed by atoms with Gasteiger partial charge in [-0.15, -0.1) is 0 Å². The number of nitrogens with zero attached hydrogens (tertiary/aromatic N) is 1. The van der Waals surface area contributed by atoms with Crippen molar-refractivity contribution in [3.05, 3.63) is 0 Å². The second-order valence-corrected chi connectivity index (χ2v) is 6.78. The van der Waals surface area contributed by atoms with Gasteiger partial charge in [-0.05, 0) is 30.7 Å². The van der Waals surface area contributed by atoms with Crippen molar-refractivity contribution < 1.29 is 18.3 Å². The molecular formula is C15H29F3N2O. The quantitative estimate of drug-likeness (QED) is 0.687. The van der Waals surface area contributed by atoms with E-state index in [1.807, 2.05) is 0 Å².